The first-order chi connectivity index (χ1) is 12.6. The second-order valence-electron chi connectivity index (χ2n) is 6.33. The molecule has 0 radical (unpaired) electrons. The molecule has 0 spiro atoms. The van der Waals surface area contributed by atoms with Crippen molar-refractivity contribution in [3.05, 3.63) is 59.4 Å². The maximum atomic E-state index is 13.0. The summed E-state index contributed by atoms with van der Waals surface area (Å²) in [6.07, 6.45) is 1.84. The molecule has 0 aliphatic carbocycles. The van der Waals surface area contributed by atoms with E-state index < -0.39 is 0 Å². The largest absolute Gasteiger partial charge is 0.493 e. The molecule has 0 amide bonds. The molecule has 1 saturated heterocycles. The van der Waals surface area contributed by atoms with Gasteiger partial charge in [-0.15, -0.1) is 0 Å². The number of halogens is 1. The smallest absolute Gasteiger partial charge is 0.161 e. The van der Waals surface area contributed by atoms with Gasteiger partial charge >= 0.3 is 0 Å². The number of methoxy groups -OCH3 is 1. The van der Waals surface area contributed by atoms with Crippen molar-refractivity contribution in [1.82, 2.24) is 9.91 Å². The minimum absolute atomic E-state index is 0.254. The monoisotopic (exact) mass is 357 g/mol. The van der Waals surface area contributed by atoms with Crippen LogP contribution in [0.5, 0.6) is 11.5 Å². The summed E-state index contributed by atoms with van der Waals surface area (Å²) >= 11 is 0. The van der Waals surface area contributed by atoms with Crippen molar-refractivity contribution in [1.29, 1.82) is 0 Å². The van der Waals surface area contributed by atoms with E-state index in [1.165, 1.54) is 12.1 Å². The molecule has 1 heterocycles. The fourth-order valence-corrected chi connectivity index (χ4v) is 2.69. The molecular weight excluding hydrogens is 333 g/mol. The number of hydrogen-bond donors (Lipinski definition) is 0. The Kier molecular flexibility index (Phi) is 6.07. The Balaban J connectivity index is 1.62. The summed E-state index contributed by atoms with van der Waals surface area (Å²) in [6, 6.07) is 12.0. The van der Waals surface area contributed by atoms with Crippen LogP contribution in [0.25, 0.3) is 0 Å². The third-order valence-electron chi connectivity index (χ3n) is 4.35. The van der Waals surface area contributed by atoms with Crippen molar-refractivity contribution in [2.24, 2.45) is 5.10 Å². The molecular formula is C20H24FN3O2. The normalized spacial score (nSPS) is 15.4. The molecule has 1 fully saturated rings. The summed E-state index contributed by atoms with van der Waals surface area (Å²) < 4.78 is 24.2. The average Bonchev–Trinajstić information content (AvgIpc) is 2.67. The van der Waals surface area contributed by atoms with Gasteiger partial charge < -0.3 is 14.4 Å². The van der Waals surface area contributed by atoms with Crippen LogP contribution in [-0.4, -0.2) is 56.5 Å². The van der Waals surface area contributed by atoms with Crippen LogP contribution in [0.4, 0.5) is 4.39 Å². The van der Waals surface area contributed by atoms with E-state index in [9.17, 15) is 4.39 Å². The van der Waals surface area contributed by atoms with E-state index in [1.807, 2.05) is 24.4 Å². The van der Waals surface area contributed by atoms with Gasteiger partial charge in [0.15, 0.2) is 11.5 Å². The van der Waals surface area contributed by atoms with Gasteiger partial charge in [0.05, 0.1) is 13.3 Å². The van der Waals surface area contributed by atoms with Gasteiger partial charge in [-0.2, -0.15) is 5.10 Å². The molecule has 6 heteroatoms. The summed E-state index contributed by atoms with van der Waals surface area (Å²) in [7, 11) is 3.73. The average molecular weight is 357 g/mol. The van der Waals surface area contributed by atoms with Gasteiger partial charge in [0.1, 0.15) is 12.4 Å². The van der Waals surface area contributed by atoms with Crippen LogP contribution < -0.4 is 9.47 Å². The minimum atomic E-state index is -0.254. The summed E-state index contributed by atoms with van der Waals surface area (Å²) in [6.45, 7) is 4.27. The molecule has 0 aromatic heterocycles. The third kappa shape index (κ3) is 4.95. The predicted octanol–water partition coefficient (Wildman–Crippen LogP) is 2.99. The fraction of sp³-hybridized carbons (Fsp3) is 0.350. The van der Waals surface area contributed by atoms with Gasteiger partial charge in [-0.3, -0.25) is 5.01 Å². The van der Waals surface area contributed by atoms with Crippen LogP contribution >= 0.6 is 0 Å². The van der Waals surface area contributed by atoms with E-state index in [0.29, 0.717) is 18.1 Å². The summed E-state index contributed by atoms with van der Waals surface area (Å²) in [5.74, 6) is 1.04. The number of hydrogen-bond acceptors (Lipinski definition) is 5. The first-order valence-electron chi connectivity index (χ1n) is 8.67. The molecule has 1 aliphatic rings. The Morgan fingerprint density at radius 1 is 1.04 bits per heavy atom. The molecule has 0 unspecified atom stereocenters. The van der Waals surface area contributed by atoms with Crippen molar-refractivity contribution in [2.75, 3.05) is 40.3 Å². The first kappa shape index (κ1) is 18.2. The summed E-state index contributed by atoms with van der Waals surface area (Å²) in [5, 5.41) is 6.62. The first-order valence-corrected chi connectivity index (χ1v) is 8.67. The van der Waals surface area contributed by atoms with Crippen molar-refractivity contribution in [2.45, 2.75) is 6.61 Å². The molecule has 2 aromatic rings. The van der Waals surface area contributed by atoms with Gasteiger partial charge in [0.2, 0.25) is 0 Å². The molecule has 0 atom stereocenters. The van der Waals surface area contributed by atoms with Crippen molar-refractivity contribution in [3.8, 4) is 11.5 Å². The van der Waals surface area contributed by atoms with Crippen LogP contribution in [-0.2, 0) is 6.61 Å². The Hall–Kier alpha value is -2.60. The zero-order valence-corrected chi connectivity index (χ0v) is 15.2. The van der Waals surface area contributed by atoms with E-state index in [1.54, 1.807) is 19.2 Å². The summed E-state index contributed by atoms with van der Waals surface area (Å²) in [5.41, 5.74) is 1.85. The molecule has 0 saturated carbocycles. The van der Waals surface area contributed by atoms with Crippen LogP contribution in [0, 0.1) is 5.82 Å². The SMILES string of the molecule is COc1cc(/C=N\N2CCN(C)CC2)ccc1OCc1ccc(F)cc1. The van der Waals surface area contributed by atoms with Gasteiger partial charge in [-0.25, -0.2) is 4.39 Å². The Morgan fingerprint density at radius 3 is 2.46 bits per heavy atom. The lowest BCUT2D eigenvalue weighted by atomic mass is 10.2. The number of benzene rings is 2. The van der Waals surface area contributed by atoms with E-state index in [0.717, 1.165) is 37.3 Å². The van der Waals surface area contributed by atoms with Gasteiger partial charge in [-0.05, 0) is 48.5 Å². The van der Waals surface area contributed by atoms with Crippen molar-refractivity contribution < 1.29 is 13.9 Å². The standard InChI is InChI=1S/C20H24FN3O2/c1-23-9-11-24(12-10-23)22-14-17-5-8-19(20(13-17)25-2)26-15-16-3-6-18(21)7-4-16/h3-8,13-14H,9-12,15H2,1-2H3/b22-14-. The van der Waals surface area contributed by atoms with Crippen molar-refractivity contribution in [3.63, 3.8) is 0 Å². The molecule has 0 bridgehead atoms. The number of rotatable bonds is 6. The lowest BCUT2D eigenvalue weighted by molar-refractivity contribution is 0.159. The Labute approximate surface area is 153 Å². The second-order valence-corrected chi connectivity index (χ2v) is 6.33. The molecule has 26 heavy (non-hydrogen) atoms. The quantitative estimate of drug-likeness (QED) is 0.745. The highest BCUT2D eigenvalue weighted by Gasteiger charge is 2.11. The maximum Gasteiger partial charge on any atom is 0.161 e. The number of piperazine rings is 1. The van der Waals surface area contributed by atoms with E-state index in [-0.39, 0.29) is 5.82 Å². The highest BCUT2D eigenvalue weighted by Crippen LogP contribution is 2.28. The van der Waals surface area contributed by atoms with Crippen LogP contribution in [0.1, 0.15) is 11.1 Å². The maximum absolute atomic E-state index is 13.0. The number of hydrazone groups is 1. The van der Waals surface area contributed by atoms with Gasteiger partial charge in [0, 0.05) is 26.2 Å². The second kappa shape index (κ2) is 8.67. The lowest BCUT2D eigenvalue weighted by Crippen LogP contribution is -2.41. The number of ether oxygens (including phenoxy) is 2. The van der Waals surface area contributed by atoms with E-state index in [4.69, 9.17) is 9.47 Å². The lowest BCUT2D eigenvalue weighted by Gasteiger charge is -2.30. The van der Waals surface area contributed by atoms with Crippen LogP contribution in [0.3, 0.4) is 0 Å². The van der Waals surface area contributed by atoms with Crippen molar-refractivity contribution >= 4 is 6.21 Å². The van der Waals surface area contributed by atoms with Crippen LogP contribution in [0.15, 0.2) is 47.6 Å². The van der Waals surface area contributed by atoms with Crippen LogP contribution in [0.2, 0.25) is 0 Å². The van der Waals surface area contributed by atoms with E-state index >= 15 is 0 Å². The molecule has 5 nitrogen and oxygen atoms in total. The van der Waals surface area contributed by atoms with E-state index in [2.05, 4.69) is 22.1 Å². The third-order valence-corrected chi connectivity index (χ3v) is 4.35. The minimum Gasteiger partial charge on any atom is -0.493 e. The topological polar surface area (TPSA) is 37.3 Å². The predicted molar refractivity (Wildman–Crippen MR) is 100 cm³/mol. The molecule has 0 N–H and O–H groups in total. The number of likely N-dealkylation sites (N-methyl/N-ethyl adjacent to an activating group) is 1. The zero-order chi connectivity index (χ0) is 18.4. The highest BCUT2D eigenvalue weighted by molar-refractivity contribution is 5.80. The fourth-order valence-electron chi connectivity index (χ4n) is 2.69. The molecule has 1 aliphatic heterocycles. The summed E-state index contributed by atoms with van der Waals surface area (Å²) in [4.78, 5) is 2.29. The number of nitrogens with zero attached hydrogens (tertiary/aromatic N) is 3. The zero-order valence-electron chi connectivity index (χ0n) is 15.2. The van der Waals surface area contributed by atoms with Gasteiger partial charge in [-0.1, -0.05) is 12.1 Å². The Morgan fingerprint density at radius 2 is 1.77 bits per heavy atom. The molecule has 3 rings (SSSR count). The molecule has 138 valence electrons. The highest BCUT2D eigenvalue weighted by atomic mass is 19.1. The Bertz CT molecular complexity index is 741. The van der Waals surface area contributed by atoms with Gasteiger partial charge in [0.25, 0.3) is 0 Å². The molecule has 2 aromatic carbocycles.